The van der Waals surface area contributed by atoms with Crippen molar-refractivity contribution in [3.63, 3.8) is 0 Å². The van der Waals surface area contributed by atoms with Crippen molar-refractivity contribution in [1.82, 2.24) is 15.1 Å². The Kier molecular flexibility index (Phi) is 6.27. The Morgan fingerprint density at radius 2 is 1.79 bits per heavy atom. The molecule has 0 unspecified atom stereocenters. The van der Waals surface area contributed by atoms with E-state index in [0.717, 1.165) is 70.9 Å². The van der Waals surface area contributed by atoms with Crippen molar-refractivity contribution in [3.8, 4) is 0 Å². The summed E-state index contributed by atoms with van der Waals surface area (Å²) in [4.78, 5) is 17.2. The van der Waals surface area contributed by atoms with E-state index >= 15 is 0 Å². The van der Waals surface area contributed by atoms with Gasteiger partial charge in [0.25, 0.3) is 0 Å². The molecule has 0 saturated carbocycles. The number of piperidine rings is 2. The molecule has 2 heterocycles. The van der Waals surface area contributed by atoms with Crippen LogP contribution in [0.15, 0.2) is 30.3 Å². The molecule has 2 aliphatic rings. The molecule has 0 spiro atoms. The zero-order chi connectivity index (χ0) is 16.8. The number of rotatable bonds is 5. The van der Waals surface area contributed by atoms with Crippen molar-refractivity contribution in [2.24, 2.45) is 11.8 Å². The van der Waals surface area contributed by atoms with E-state index in [9.17, 15) is 4.79 Å². The number of carbonyl (C=O) groups excluding carboxylic acids is 1. The molecule has 2 fully saturated rings. The van der Waals surface area contributed by atoms with Crippen LogP contribution in [0, 0.1) is 11.8 Å². The minimum Gasteiger partial charge on any atom is -0.342 e. The van der Waals surface area contributed by atoms with Crippen LogP contribution in [0.25, 0.3) is 0 Å². The third kappa shape index (κ3) is 4.81. The van der Waals surface area contributed by atoms with Gasteiger partial charge in [-0.1, -0.05) is 30.3 Å². The van der Waals surface area contributed by atoms with Crippen molar-refractivity contribution in [2.45, 2.75) is 32.2 Å². The van der Waals surface area contributed by atoms with Gasteiger partial charge in [-0.3, -0.25) is 4.79 Å². The summed E-state index contributed by atoms with van der Waals surface area (Å²) in [7, 11) is 2.21. The highest BCUT2D eigenvalue weighted by Gasteiger charge is 2.29. The molecule has 1 aromatic rings. The van der Waals surface area contributed by atoms with Gasteiger partial charge in [0.2, 0.25) is 5.91 Å². The fraction of sp³-hybridized carbons (Fsp3) is 0.650. The second-order valence-electron chi connectivity index (χ2n) is 7.48. The van der Waals surface area contributed by atoms with Crippen molar-refractivity contribution < 1.29 is 4.79 Å². The highest BCUT2D eigenvalue weighted by atomic mass is 16.2. The maximum Gasteiger partial charge on any atom is 0.225 e. The molecule has 4 heteroatoms. The monoisotopic (exact) mass is 329 g/mol. The number of hydrogen-bond acceptors (Lipinski definition) is 3. The highest BCUT2D eigenvalue weighted by Crippen LogP contribution is 2.22. The molecule has 0 aromatic heterocycles. The highest BCUT2D eigenvalue weighted by molar-refractivity contribution is 5.79. The summed E-state index contributed by atoms with van der Waals surface area (Å²) >= 11 is 0. The molecule has 0 aliphatic carbocycles. The van der Waals surface area contributed by atoms with Crippen LogP contribution in [0.1, 0.15) is 31.2 Å². The Morgan fingerprint density at radius 3 is 2.46 bits per heavy atom. The summed E-state index contributed by atoms with van der Waals surface area (Å²) < 4.78 is 0. The Morgan fingerprint density at radius 1 is 1.12 bits per heavy atom. The Bertz CT molecular complexity index is 505. The molecule has 0 bridgehead atoms. The lowest BCUT2D eigenvalue weighted by molar-refractivity contribution is -0.137. The molecule has 2 aliphatic heterocycles. The quantitative estimate of drug-likeness (QED) is 0.901. The van der Waals surface area contributed by atoms with Crippen molar-refractivity contribution in [3.05, 3.63) is 35.9 Å². The summed E-state index contributed by atoms with van der Waals surface area (Å²) in [6.45, 7) is 6.03. The smallest absolute Gasteiger partial charge is 0.225 e. The maximum absolute atomic E-state index is 12.6. The Hall–Kier alpha value is -1.39. The third-order valence-electron chi connectivity index (χ3n) is 5.48. The lowest BCUT2D eigenvalue weighted by Crippen LogP contribution is -2.45. The van der Waals surface area contributed by atoms with Gasteiger partial charge in [0.05, 0.1) is 0 Å². The number of carbonyl (C=O) groups is 1. The standard InChI is InChI=1S/C20H31N3O/c1-22(15-17-5-3-2-4-6-17)16-18-9-13-23(14-10-18)20(24)19-7-11-21-12-8-19/h2-6,18-19,21H,7-16H2,1H3. The minimum absolute atomic E-state index is 0.267. The molecular formula is C20H31N3O. The van der Waals surface area contributed by atoms with E-state index in [1.165, 1.54) is 5.56 Å². The van der Waals surface area contributed by atoms with E-state index in [2.05, 4.69) is 52.5 Å². The van der Waals surface area contributed by atoms with E-state index in [-0.39, 0.29) is 5.92 Å². The average Bonchev–Trinajstić information content (AvgIpc) is 2.63. The first-order chi connectivity index (χ1) is 11.7. The number of likely N-dealkylation sites (tertiary alicyclic amines) is 1. The van der Waals surface area contributed by atoms with Crippen LogP contribution in [0.3, 0.4) is 0 Å². The van der Waals surface area contributed by atoms with Crippen molar-refractivity contribution in [1.29, 1.82) is 0 Å². The average molecular weight is 329 g/mol. The van der Waals surface area contributed by atoms with Crippen LogP contribution >= 0.6 is 0 Å². The zero-order valence-corrected chi connectivity index (χ0v) is 14.9. The first kappa shape index (κ1) is 17.4. The Balaban J connectivity index is 1.40. The van der Waals surface area contributed by atoms with Crippen LogP contribution < -0.4 is 5.32 Å². The maximum atomic E-state index is 12.6. The van der Waals surface area contributed by atoms with Gasteiger partial charge in [0, 0.05) is 32.1 Å². The largest absolute Gasteiger partial charge is 0.342 e. The number of benzene rings is 1. The van der Waals surface area contributed by atoms with Crippen molar-refractivity contribution in [2.75, 3.05) is 39.8 Å². The van der Waals surface area contributed by atoms with Gasteiger partial charge >= 0.3 is 0 Å². The fourth-order valence-corrected chi connectivity index (χ4v) is 4.06. The topological polar surface area (TPSA) is 35.6 Å². The summed E-state index contributed by atoms with van der Waals surface area (Å²) in [5.74, 6) is 1.40. The predicted octanol–water partition coefficient (Wildman–Crippen LogP) is 2.36. The second-order valence-corrected chi connectivity index (χ2v) is 7.48. The van der Waals surface area contributed by atoms with E-state index in [0.29, 0.717) is 5.91 Å². The van der Waals surface area contributed by atoms with Gasteiger partial charge in [0.15, 0.2) is 0 Å². The third-order valence-corrected chi connectivity index (χ3v) is 5.48. The molecule has 0 atom stereocenters. The Labute approximate surface area is 146 Å². The molecule has 1 amide bonds. The zero-order valence-electron chi connectivity index (χ0n) is 14.9. The molecule has 1 N–H and O–H groups in total. The van der Waals surface area contributed by atoms with Gasteiger partial charge in [-0.2, -0.15) is 0 Å². The van der Waals surface area contributed by atoms with Crippen LogP contribution in [0.2, 0.25) is 0 Å². The SMILES string of the molecule is CN(Cc1ccccc1)CC1CCN(C(=O)C2CCNCC2)CC1. The van der Waals surface area contributed by atoms with E-state index < -0.39 is 0 Å². The summed E-state index contributed by atoms with van der Waals surface area (Å²) in [5, 5.41) is 3.34. The first-order valence-electron chi connectivity index (χ1n) is 9.44. The molecular weight excluding hydrogens is 298 g/mol. The second kappa shape index (κ2) is 8.63. The number of amides is 1. The molecule has 24 heavy (non-hydrogen) atoms. The lowest BCUT2D eigenvalue weighted by atomic mass is 9.92. The predicted molar refractivity (Wildman–Crippen MR) is 97.7 cm³/mol. The summed E-state index contributed by atoms with van der Waals surface area (Å²) in [6.07, 6.45) is 4.32. The van der Waals surface area contributed by atoms with Gasteiger partial charge in [0.1, 0.15) is 0 Å². The minimum atomic E-state index is 0.267. The lowest BCUT2D eigenvalue weighted by Gasteiger charge is -2.36. The first-order valence-corrected chi connectivity index (χ1v) is 9.44. The van der Waals surface area contributed by atoms with Gasteiger partial charge < -0.3 is 15.1 Å². The number of hydrogen-bond donors (Lipinski definition) is 1. The molecule has 1 aromatic carbocycles. The van der Waals surface area contributed by atoms with E-state index in [4.69, 9.17) is 0 Å². The molecule has 3 rings (SSSR count). The fourth-order valence-electron chi connectivity index (χ4n) is 4.06. The number of nitrogens with one attached hydrogen (secondary N) is 1. The van der Waals surface area contributed by atoms with Gasteiger partial charge in [-0.05, 0) is 57.3 Å². The normalized spacial score (nSPS) is 20.5. The molecule has 4 nitrogen and oxygen atoms in total. The van der Waals surface area contributed by atoms with Crippen LogP contribution in [-0.2, 0) is 11.3 Å². The molecule has 2 saturated heterocycles. The summed E-state index contributed by atoms with van der Waals surface area (Å²) in [6, 6.07) is 10.7. The summed E-state index contributed by atoms with van der Waals surface area (Å²) in [5.41, 5.74) is 1.37. The number of nitrogens with zero attached hydrogens (tertiary/aromatic N) is 2. The molecule has 132 valence electrons. The van der Waals surface area contributed by atoms with Crippen molar-refractivity contribution >= 4 is 5.91 Å². The molecule has 0 radical (unpaired) electrons. The van der Waals surface area contributed by atoms with Crippen LogP contribution in [0.5, 0.6) is 0 Å². The van der Waals surface area contributed by atoms with Crippen LogP contribution in [-0.4, -0.2) is 55.5 Å². The van der Waals surface area contributed by atoms with Gasteiger partial charge in [-0.25, -0.2) is 0 Å². The van der Waals surface area contributed by atoms with Gasteiger partial charge in [-0.15, -0.1) is 0 Å². The van der Waals surface area contributed by atoms with E-state index in [1.54, 1.807) is 0 Å². The van der Waals surface area contributed by atoms with Crippen LogP contribution in [0.4, 0.5) is 0 Å². The van der Waals surface area contributed by atoms with E-state index in [1.807, 2.05) is 0 Å².